The van der Waals surface area contributed by atoms with Gasteiger partial charge in [0.1, 0.15) is 5.82 Å². The molecule has 1 aliphatic heterocycles. The summed E-state index contributed by atoms with van der Waals surface area (Å²) >= 11 is 0. The Bertz CT molecular complexity index is 586. The van der Waals surface area contributed by atoms with Crippen LogP contribution in [0.1, 0.15) is 12.0 Å². The van der Waals surface area contributed by atoms with Crippen LogP contribution in [0.3, 0.4) is 0 Å². The largest absolute Gasteiger partial charge is 0.352 e. The van der Waals surface area contributed by atoms with Gasteiger partial charge >= 0.3 is 0 Å². The molecule has 20 heavy (non-hydrogen) atoms. The fraction of sp³-hybridized carbons (Fsp3) is 0.462. The molecule has 1 heterocycles. The van der Waals surface area contributed by atoms with Crippen molar-refractivity contribution in [3.8, 4) is 0 Å². The Morgan fingerprint density at radius 1 is 1.40 bits per heavy atom. The number of nitrogens with zero attached hydrogens (tertiary/aromatic N) is 1. The average Bonchev–Trinajstić information content (AvgIpc) is 2.80. The van der Waals surface area contributed by atoms with Gasteiger partial charge in [-0.3, -0.25) is 4.79 Å². The summed E-state index contributed by atoms with van der Waals surface area (Å²) in [6, 6.07) is 5.59. The van der Waals surface area contributed by atoms with Crippen LogP contribution in [-0.4, -0.2) is 44.0 Å². The minimum absolute atomic E-state index is 0.155. The standard InChI is InChI=1S/C13H17FN2O3S/c1-20(18,19)16-7-6-12(9-16)15-13(17)8-10-2-4-11(14)5-3-10/h2-5,12H,6-9H2,1H3,(H,15,17). The summed E-state index contributed by atoms with van der Waals surface area (Å²) in [5.74, 6) is -0.522. The number of hydrogen-bond acceptors (Lipinski definition) is 3. The topological polar surface area (TPSA) is 66.5 Å². The van der Waals surface area contributed by atoms with Crippen LogP contribution in [0.5, 0.6) is 0 Å². The van der Waals surface area contributed by atoms with E-state index in [1.54, 1.807) is 12.1 Å². The first-order valence-electron chi connectivity index (χ1n) is 6.33. The number of sulfonamides is 1. The highest BCUT2D eigenvalue weighted by Crippen LogP contribution is 2.13. The SMILES string of the molecule is CS(=O)(=O)N1CCC(NC(=O)Cc2ccc(F)cc2)C1. The van der Waals surface area contributed by atoms with E-state index in [0.29, 0.717) is 19.5 Å². The van der Waals surface area contributed by atoms with Crippen molar-refractivity contribution in [3.05, 3.63) is 35.6 Å². The highest BCUT2D eigenvalue weighted by Gasteiger charge is 2.29. The molecule has 1 aromatic carbocycles. The van der Waals surface area contributed by atoms with Crippen LogP contribution < -0.4 is 5.32 Å². The number of nitrogens with one attached hydrogen (secondary N) is 1. The van der Waals surface area contributed by atoms with Crippen molar-refractivity contribution in [1.29, 1.82) is 0 Å². The van der Waals surface area contributed by atoms with Gasteiger partial charge < -0.3 is 5.32 Å². The molecule has 0 saturated carbocycles. The van der Waals surface area contributed by atoms with Gasteiger partial charge in [0.2, 0.25) is 15.9 Å². The van der Waals surface area contributed by atoms with Gasteiger partial charge in [0, 0.05) is 19.1 Å². The first-order valence-corrected chi connectivity index (χ1v) is 8.18. The minimum atomic E-state index is -3.19. The van der Waals surface area contributed by atoms with Crippen LogP contribution in [-0.2, 0) is 21.2 Å². The van der Waals surface area contributed by atoms with Gasteiger partial charge in [0.15, 0.2) is 0 Å². The fourth-order valence-electron chi connectivity index (χ4n) is 2.21. The Morgan fingerprint density at radius 3 is 2.60 bits per heavy atom. The van der Waals surface area contributed by atoms with Gasteiger partial charge in [-0.1, -0.05) is 12.1 Å². The molecule has 1 fully saturated rings. The lowest BCUT2D eigenvalue weighted by Crippen LogP contribution is -2.38. The normalized spacial score (nSPS) is 20.0. The van der Waals surface area contributed by atoms with Gasteiger partial charge in [-0.15, -0.1) is 0 Å². The lowest BCUT2D eigenvalue weighted by atomic mass is 10.1. The molecule has 0 radical (unpaired) electrons. The average molecular weight is 300 g/mol. The second kappa shape index (κ2) is 5.88. The highest BCUT2D eigenvalue weighted by atomic mass is 32.2. The van der Waals surface area contributed by atoms with E-state index in [1.807, 2.05) is 0 Å². The third kappa shape index (κ3) is 4.01. The predicted molar refractivity (Wildman–Crippen MR) is 73.1 cm³/mol. The van der Waals surface area contributed by atoms with Crippen molar-refractivity contribution in [2.45, 2.75) is 18.9 Å². The molecule has 0 spiro atoms. The molecule has 1 saturated heterocycles. The molecule has 110 valence electrons. The molecular formula is C13H17FN2O3S. The Balaban J connectivity index is 1.85. The second-order valence-corrected chi connectivity index (χ2v) is 6.96. The number of carbonyl (C=O) groups excluding carboxylic acids is 1. The number of amides is 1. The monoisotopic (exact) mass is 300 g/mol. The van der Waals surface area contributed by atoms with E-state index < -0.39 is 10.0 Å². The van der Waals surface area contributed by atoms with Crippen LogP contribution in [0.2, 0.25) is 0 Å². The summed E-state index contributed by atoms with van der Waals surface area (Å²) in [5, 5.41) is 2.81. The Labute approximate surface area is 117 Å². The minimum Gasteiger partial charge on any atom is -0.352 e. The molecule has 1 unspecified atom stereocenters. The predicted octanol–water partition coefficient (Wildman–Crippen LogP) is 0.518. The second-order valence-electron chi connectivity index (χ2n) is 4.98. The molecule has 0 bridgehead atoms. The maximum Gasteiger partial charge on any atom is 0.224 e. The summed E-state index contributed by atoms with van der Waals surface area (Å²) in [5.41, 5.74) is 0.724. The number of halogens is 1. The van der Waals surface area contributed by atoms with Gasteiger partial charge in [-0.05, 0) is 24.1 Å². The number of benzene rings is 1. The number of rotatable bonds is 4. The van der Waals surface area contributed by atoms with Crippen LogP contribution in [0.15, 0.2) is 24.3 Å². The molecule has 1 aliphatic rings. The maximum absolute atomic E-state index is 12.7. The van der Waals surface area contributed by atoms with Crippen molar-refractivity contribution in [2.24, 2.45) is 0 Å². The molecule has 1 N–H and O–H groups in total. The zero-order valence-electron chi connectivity index (χ0n) is 11.2. The van der Waals surface area contributed by atoms with E-state index in [4.69, 9.17) is 0 Å². The summed E-state index contributed by atoms with van der Waals surface area (Å²) in [4.78, 5) is 11.8. The summed E-state index contributed by atoms with van der Waals surface area (Å²) in [7, 11) is -3.19. The van der Waals surface area contributed by atoms with Crippen LogP contribution in [0.25, 0.3) is 0 Å². The summed E-state index contributed by atoms with van der Waals surface area (Å²) in [6.45, 7) is 0.744. The maximum atomic E-state index is 12.7. The van der Waals surface area contributed by atoms with Gasteiger partial charge in [-0.25, -0.2) is 17.1 Å². The van der Waals surface area contributed by atoms with Crippen LogP contribution in [0, 0.1) is 5.82 Å². The van der Waals surface area contributed by atoms with Crippen molar-refractivity contribution in [1.82, 2.24) is 9.62 Å². The molecule has 1 amide bonds. The van der Waals surface area contributed by atoms with Crippen LogP contribution >= 0.6 is 0 Å². The first kappa shape index (κ1) is 14.9. The lowest BCUT2D eigenvalue weighted by Gasteiger charge is -2.14. The lowest BCUT2D eigenvalue weighted by molar-refractivity contribution is -0.121. The number of hydrogen-bond donors (Lipinski definition) is 1. The molecule has 5 nitrogen and oxygen atoms in total. The van der Waals surface area contributed by atoms with Gasteiger partial charge in [0.05, 0.1) is 12.7 Å². The van der Waals surface area contributed by atoms with Crippen molar-refractivity contribution in [2.75, 3.05) is 19.3 Å². The van der Waals surface area contributed by atoms with E-state index in [2.05, 4.69) is 5.32 Å². The first-order chi connectivity index (χ1) is 9.34. The summed E-state index contributed by atoms with van der Waals surface area (Å²) in [6.07, 6.45) is 1.94. The highest BCUT2D eigenvalue weighted by molar-refractivity contribution is 7.88. The third-order valence-electron chi connectivity index (χ3n) is 3.26. The zero-order chi connectivity index (χ0) is 14.8. The molecule has 2 rings (SSSR count). The van der Waals surface area contributed by atoms with E-state index >= 15 is 0 Å². The molecular weight excluding hydrogens is 283 g/mol. The Morgan fingerprint density at radius 2 is 2.05 bits per heavy atom. The van der Waals surface area contributed by atoms with Crippen molar-refractivity contribution in [3.63, 3.8) is 0 Å². The van der Waals surface area contributed by atoms with E-state index in [0.717, 1.165) is 11.8 Å². The number of carbonyl (C=O) groups is 1. The van der Waals surface area contributed by atoms with E-state index in [1.165, 1.54) is 16.4 Å². The quantitative estimate of drug-likeness (QED) is 0.881. The molecule has 0 aromatic heterocycles. The van der Waals surface area contributed by atoms with Crippen LogP contribution in [0.4, 0.5) is 4.39 Å². The van der Waals surface area contributed by atoms with Gasteiger partial charge in [-0.2, -0.15) is 0 Å². The third-order valence-corrected chi connectivity index (χ3v) is 4.53. The molecule has 1 aromatic rings. The van der Waals surface area contributed by atoms with E-state index in [9.17, 15) is 17.6 Å². The Kier molecular flexibility index (Phi) is 4.39. The van der Waals surface area contributed by atoms with Crippen molar-refractivity contribution < 1.29 is 17.6 Å². The van der Waals surface area contributed by atoms with E-state index in [-0.39, 0.29) is 24.2 Å². The molecule has 0 aliphatic carbocycles. The fourth-order valence-corrected chi connectivity index (χ4v) is 3.10. The smallest absolute Gasteiger partial charge is 0.224 e. The Hall–Kier alpha value is -1.47. The molecule has 1 atom stereocenters. The molecule has 7 heteroatoms. The summed E-state index contributed by atoms with van der Waals surface area (Å²) < 4.78 is 36.8. The van der Waals surface area contributed by atoms with Gasteiger partial charge in [0.25, 0.3) is 0 Å². The van der Waals surface area contributed by atoms with Crippen molar-refractivity contribution >= 4 is 15.9 Å². The zero-order valence-corrected chi connectivity index (χ0v) is 12.0.